The molecule has 1 fully saturated rings. The molecule has 1 atom stereocenters. The standard InChI is InChI=1S/C31H33NO4/c1-19(2)20-13-17-23(18-14-20)32-27(21-11-15-22(16-12-21)31(3,4)5)26(29(34)30(32)35)28(33)24-9-7-8-10-25(24)36-6/h7-19,27,33H,1-6H3/b28-26-. The van der Waals surface area contributed by atoms with Crippen molar-refractivity contribution in [3.05, 3.63) is 101 Å². The number of nitrogens with zero attached hydrogens (tertiary/aromatic N) is 1. The smallest absolute Gasteiger partial charge is 0.300 e. The third kappa shape index (κ3) is 4.53. The van der Waals surface area contributed by atoms with Crippen LogP contribution in [0.5, 0.6) is 5.75 Å². The molecule has 5 heteroatoms. The van der Waals surface area contributed by atoms with Crippen molar-refractivity contribution in [1.29, 1.82) is 0 Å². The van der Waals surface area contributed by atoms with Crippen LogP contribution >= 0.6 is 0 Å². The first-order valence-electron chi connectivity index (χ1n) is 12.2. The maximum absolute atomic E-state index is 13.4. The minimum atomic E-state index is -0.783. The van der Waals surface area contributed by atoms with Crippen LogP contribution in [-0.2, 0) is 15.0 Å². The second-order valence-corrected chi connectivity index (χ2v) is 10.5. The number of aliphatic hydroxyl groups is 1. The number of benzene rings is 3. The summed E-state index contributed by atoms with van der Waals surface area (Å²) in [6.45, 7) is 10.6. The third-order valence-electron chi connectivity index (χ3n) is 6.74. The molecular formula is C31H33NO4. The van der Waals surface area contributed by atoms with Crippen LogP contribution < -0.4 is 9.64 Å². The van der Waals surface area contributed by atoms with Gasteiger partial charge in [-0.1, -0.05) is 83.1 Å². The Kier molecular flexibility index (Phi) is 6.77. The van der Waals surface area contributed by atoms with E-state index < -0.39 is 17.7 Å². The molecule has 1 amide bonds. The van der Waals surface area contributed by atoms with Gasteiger partial charge in [0, 0.05) is 5.69 Å². The molecule has 0 aromatic heterocycles. The Bertz CT molecular complexity index is 1310. The molecule has 0 radical (unpaired) electrons. The number of ether oxygens (including phenoxy) is 1. The van der Waals surface area contributed by atoms with Crippen LogP contribution in [0.25, 0.3) is 5.76 Å². The van der Waals surface area contributed by atoms with Crippen LogP contribution in [0.4, 0.5) is 5.69 Å². The monoisotopic (exact) mass is 483 g/mol. The summed E-state index contributed by atoms with van der Waals surface area (Å²) in [6.07, 6.45) is 0. The van der Waals surface area contributed by atoms with Gasteiger partial charge in [-0.05, 0) is 52.3 Å². The highest BCUT2D eigenvalue weighted by Crippen LogP contribution is 2.43. The molecule has 0 saturated carbocycles. The molecule has 1 N–H and O–H groups in total. The number of anilines is 1. The molecule has 5 nitrogen and oxygen atoms in total. The Morgan fingerprint density at radius 1 is 0.917 bits per heavy atom. The number of hydrogen-bond donors (Lipinski definition) is 1. The van der Waals surface area contributed by atoms with E-state index in [0.717, 1.165) is 16.7 Å². The summed E-state index contributed by atoms with van der Waals surface area (Å²) in [6, 6.07) is 21.7. The van der Waals surface area contributed by atoms with Gasteiger partial charge in [0.25, 0.3) is 11.7 Å². The van der Waals surface area contributed by atoms with Gasteiger partial charge in [-0.3, -0.25) is 14.5 Å². The van der Waals surface area contributed by atoms with Gasteiger partial charge in [-0.15, -0.1) is 0 Å². The van der Waals surface area contributed by atoms with Crippen LogP contribution in [0.2, 0.25) is 0 Å². The van der Waals surface area contributed by atoms with Crippen molar-refractivity contribution >= 4 is 23.1 Å². The molecule has 1 saturated heterocycles. The summed E-state index contributed by atoms with van der Waals surface area (Å²) in [7, 11) is 1.50. The summed E-state index contributed by atoms with van der Waals surface area (Å²) in [4.78, 5) is 28.4. The molecule has 1 heterocycles. The lowest BCUT2D eigenvalue weighted by Crippen LogP contribution is -2.29. The van der Waals surface area contributed by atoms with Crippen molar-refractivity contribution in [2.75, 3.05) is 12.0 Å². The summed E-state index contributed by atoms with van der Waals surface area (Å²) in [5.41, 5.74) is 3.97. The number of rotatable bonds is 5. The van der Waals surface area contributed by atoms with Crippen molar-refractivity contribution in [3.8, 4) is 5.75 Å². The Morgan fingerprint density at radius 2 is 1.53 bits per heavy atom. The van der Waals surface area contributed by atoms with Crippen LogP contribution in [0.1, 0.15) is 68.8 Å². The van der Waals surface area contributed by atoms with Crippen molar-refractivity contribution in [2.24, 2.45) is 0 Å². The van der Waals surface area contributed by atoms with E-state index in [9.17, 15) is 14.7 Å². The van der Waals surface area contributed by atoms with E-state index in [4.69, 9.17) is 4.74 Å². The van der Waals surface area contributed by atoms with Gasteiger partial charge < -0.3 is 9.84 Å². The first-order chi connectivity index (χ1) is 17.0. The minimum absolute atomic E-state index is 0.0425. The van der Waals surface area contributed by atoms with Gasteiger partial charge in [0.2, 0.25) is 0 Å². The predicted octanol–water partition coefficient (Wildman–Crippen LogP) is 6.74. The van der Waals surface area contributed by atoms with E-state index in [1.54, 1.807) is 24.3 Å². The number of ketones is 1. The molecule has 0 spiro atoms. The molecular weight excluding hydrogens is 450 g/mol. The summed E-state index contributed by atoms with van der Waals surface area (Å²) < 4.78 is 5.43. The molecule has 1 aliphatic rings. The number of carbonyl (C=O) groups excluding carboxylic acids is 2. The molecule has 0 aliphatic carbocycles. The largest absolute Gasteiger partial charge is 0.507 e. The van der Waals surface area contributed by atoms with Gasteiger partial charge in [-0.2, -0.15) is 0 Å². The number of Topliss-reactive ketones (excluding diaryl/α,β-unsaturated/α-hetero) is 1. The molecule has 3 aromatic rings. The normalized spacial score (nSPS) is 17.6. The fraction of sp³-hybridized carbons (Fsp3) is 0.290. The molecule has 1 unspecified atom stereocenters. The second-order valence-electron chi connectivity index (χ2n) is 10.5. The Balaban J connectivity index is 1.93. The van der Waals surface area contributed by atoms with Crippen molar-refractivity contribution in [2.45, 2.75) is 52.0 Å². The van der Waals surface area contributed by atoms with Gasteiger partial charge in [0.15, 0.2) is 0 Å². The van der Waals surface area contributed by atoms with Crippen molar-refractivity contribution < 1.29 is 19.4 Å². The maximum atomic E-state index is 13.4. The van der Waals surface area contributed by atoms with Gasteiger partial charge in [0.1, 0.15) is 11.5 Å². The highest BCUT2D eigenvalue weighted by Gasteiger charge is 2.47. The second kappa shape index (κ2) is 9.65. The number of aliphatic hydroxyl groups excluding tert-OH is 1. The number of amides is 1. The average molecular weight is 484 g/mol. The van der Waals surface area contributed by atoms with Crippen LogP contribution in [0.15, 0.2) is 78.4 Å². The van der Waals surface area contributed by atoms with Crippen LogP contribution in [-0.4, -0.2) is 23.9 Å². The summed E-state index contributed by atoms with van der Waals surface area (Å²) in [5.74, 6) is -0.896. The Hall–Kier alpha value is -3.86. The molecule has 0 bridgehead atoms. The molecule has 1 aliphatic heterocycles. The van der Waals surface area contributed by atoms with E-state index in [0.29, 0.717) is 22.9 Å². The quantitative estimate of drug-likeness (QED) is 0.248. The summed E-state index contributed by atoms with van der Waals surface area (Å²) >= 11 is 0. The zero-order valence-electron chi connectivity index (χ0n) is 21.7. The van der Waals surface area contributed by atoms with Crippen molar-refractivity contribution in [3.63, 3.8) is 0 Å². The van der Waals surface area contributed by atoms with Gasteiger partial charge >= 0.3 is 0 Å². The minimum Gasteiger partial charge on any atom is -0.507 e. The lowest BCUT2D eigenvalue weighted by molar-refractivity contribution is -0.132. The molecule has 186 valence electrons. The maximum Gasteiger partial charge on any atom is 0.300 e. The van der Waals surface area contributed by atoms with Gasteiger partial charge in [-0.25, -0.2) is 0 Å². The summed E-state index contributed by atoms with van der Waals surface area (Å²) in [5, 5.41) is 11.4. The Labute approximate surface area is 213 Å². The number of methoxy groups -OCH3 is 1. The molecule has 36 heavy (non-hydrogen) atoms. The van der Waals surface area contributed by atoms with Crippen LogP contribution in [0, 0.1) is 0 Å². The highest BCUT2D eigenvalue weighted by molar-refractivity contribution is 6.51. The first-order valence-corrected chi connectivity index (χ1v) is 12.2. The Morgan fingerprint density at radius 3 is 2.08 bits per heavy atom. The van der Waals surface area contributed by atoms with E-state index in [1.165, 1.54) is 12.0 Å². The number of para-hydroxylation sites is 1. The number of hydrogen-bond acceptors (Lipinski definition) is 4. The van der Waals surface area contributed by atoms with E-state index in [-0.39, 0.29) is 16.7 Å². The fourth-order valence-corrected chi connectivity index (χ4v) is 4.58. The zero-order valence-corrected chi connectivity index (χ0v) is 21.7. The molecule has 4 rings (SSSR count). The van der Waals surface area contributed by atoms with E-state index in [1.807, 2.05) is 48.5 Å². The SMILES string of the molecule is COc1ccccc1/C(O)=C1/C(=O)C(=O)N(c2ccc(C(C)C)cc2)C1c1ccc(C(C)(C)C)cc1. The predicted molar refractivity (Wildman–Crippen MR) is 143 cm³/mol. The highest BCUT2D eigenvalue weighted by atomic mass is 16.5. The average Bonchev–Trinajstić information content (AvgIpc) is 3.13. The van der Waals surface area contributed by atoms with E-state index in [2.05, 4.69) is 34.6 Å². The lowest BCUT2D eigenvalue weighted by atomic mass is 9.85. The lowest BCUT2D eigenvalue weighted by Gasteiger charge is -2.27. The third-order valence-corrected chi connectivity index (χ3v) is 6.74. The zero-order chi connectivity index (χ0) is 26.2. The molecule has 3 aromatic carbocycles. The van der Waals surface area contributed by atoms with Gasteiger partial charge in [0.05, 0.1) is 24.3 Å². The first kappa shape index (κ1) is 25.2. The van der Waals surface area contributed by atoms with Crippen molar-refractivity contribution in [1.82, 2.24) is 0 Å². The number of carbonyl (C=O) groups is 2. The topological polar surface area (TPSA) is 66.8 Å². The van der Waals surface area contributed by atoms with E-state index >= 15 is 0 Å². The van der Waals surface area contributed by atoms with Crippen LogP contribution in [0.3, 0.4) is 0 Å². The fourth-order valence-electron chi connectivity index (χ4n) is 4.58.